The number of nitrogens with zero attached hydrogens (tertiary/aromatic N) is 2. The van der Waals surface area contributed by atoms with Crippen molar-refractivity contribution in [3.8, 4) is 23.0 Å². The highest BCUT2D eigenvalue weighted by atomic mass is 16.4. The molecule has 1 unspecified atom stereocenters. The zero-order valence-corrected chi connectivity index (χ0v) is 27.6. The number of carboxylic acids is 1. The van der Waals surface area contributed by atoms with Gasteiger partial charge in [-0.15, -0.1) is 0 Å². The van der Waals surface area contributed by atoms with E-state index in [0.29, 0.717) is 16.3 Å². The largest absolute Gasteiger partial charge is 0.504 e. The van der Waals surface area contributed by atoms with E-state index < -0.39 is 75.5 Å². The van der Waals surface area contributed by atoms with Crippen LogP contribution in [0.4, 0.5) is 4.79 Å². The second-order valence-corrected chi connectivity index (χ2v) is 11.5. The molecule has 4 amide bonds. The first kappa shape index (κ1) is 39.1. The van der Waals surface area contributed by atoms with E-state index in [1.54, 1.807) is 0 Å². The molecule has 2 aromatic heterocycles. The molecule has 0 fully saturated rings. The van der Waals surface area contributed by atoms with Crippen LogP contribution >= 0.6 is 0 Å². The fourth-order valence-electron chi connectivity index (χ4n) is 5.18. The Morgan fingerprint density at radius 1 is 0.765 bits per heavy atom. The third-order valence-electron chi connectivity index (χ3n) is 7.63. The summed E-state index contributed by atoms with van der Waals surface area (Å²) in [5.41, 5.74) is -2.37. The van der Waals surface area contributed by atoms with Gasteiger partial charge in [0.05, 0.1) is 22.7 Å². The number of phenolic OH excluding ortho intramolecular Hbond substituents is 2. The summed E-state index contributed by atoms with van der Waals surface area (Å²) in [4.78, 5) is 93.5. The quantitative estimate of drug-likeness (QED) is 0.0899. The molecule has 3 rings (SSSR count). The third kappa shape index (κ3) is 10.3. The van der Waals surface area contributed by atoms with Gasteiger partial charge in [-0.2, -0.15) is 0 Å². The van der Waals surface area contributed by atoms with Crippen LogP contribution in [0.2, 0.25) is 0 Å². The molecule has 10 N–H and O–H groups in total. The van der Waals surface area contributed by atoms with Crippen LogP contribution in [-0.2, 0) is 4.79 Å². The molecule has 0 aliphatic carbocycles. The second kappa shape index (κ2) is 17.3. The van der Waals surface area contributed by atoms with Gasteiger partial charge in [0.15, 0.2) is 23.0 Å². The molecule has 19 heteroatoms. The van der Waals surface area contributed by atoms with Gasteiger partial charge < -0.3 is 51.2 Å². The molecule has 1 aromatic carbocycles. The molecule has 0 spiro atoms. The number of hydrogen-bond acceptors (Lipinski definition) is 12. The Balaban J connectivity index is 1.91. The van der Waals surface area contributed by atoms with Crippen molar-refractivity contribution >= 4 is 29.8 Å². The van der Waals surface area contributed by atoms with Gasteiger partial charge in [0.25, 0.3) is 28.8 Å². The van der Waals surface area contributed by atoms with Crippen LogP contribution in [0.3, 0.4) is 0 Å². The summed E-state index contributed by atoms with van der Waals surface area (Å²) in [6.45, 7) is 2.16. The summed E-state index contributed by atoms with van der Waals surface area (Å²) in [7, 11) is 0. The number of aromatic amines is 2. The number of pyridine rings is 2. The van der Waals surface area contributed by atoms with E-state index in [9.17, 15) is 64.2 Å². The lowest BCUT2D eigenvalue weighted by molar-refractivity contribution is -0.137. The molecule has 3 aromatic rings. The highest BCUT2D eigenvalue weighted by Crippen LogP contribution is 2.30. The summed E-state index contributed by atoms with van der Waals surface area (Å²) in [5, 5.41) is 64.8. The molecular formula is C32H38N6O13. The van der Waals surface area contributed by atoms with Crippen LogP contribution in [0.1, 0.15) is 61.7 Å². The molecule has 0 bridgehead atoms. The van der Waals surface area contributed by atoms with E-state index in [2.05, 4.69) is 20.6 Å². The minimum Gasteiger partial charge on any atom is -0.504 e. The molecule has 274 valence electrons. The number of imide groups is 1. The van der Waals surface area contributed by atoms with Crippen molar-refractivity contribution in [3.63, 3.8) is 0 Å². The van der Waals surface area contributed by atoms with E-state index in [4.69, 9.17) is 0 Å². The van der Waals surface area contributed by atoms with Crippen LogP contribution < -0.4 is 21.8 Å². The third-order valence-corrected chi connectivity index (χ3v) is 7.63. The number of H-pyrrole nitrogens is 2. The molecule has 1 atom stereocenters. The van der Waals surface area contributed by atoms with Crippen molar-refractivity contribution in [2.75, 3.05) is 32.7 Å². The van der Waals surface area contributed by atoms with E-state index >= 15 is 0 Å². The van der Waals surface area contributed by atoms with Crippen molar-refractivity contribution < 1.29 is 54.6 Å². The molecular weight excluding hydrogens is 676 g/mol. The van der Waals surface area contributed by atoms with E-state index in [1.165, 1.54) is 36.9 Å². The first-order valence-electron chi connectivity index (χ1n) is 15.5. The average Bonchev–Trinajstić information content (AvgIpc) is 3.04. The molecule has 0 aliphatic rings. The number of aromatic hydroxyl groups is 4. The number of hydrogen-bond donors (Lipinski definition) is 10. The first-order valence-corrected chi connectivity index (χ1v) is 15.5. The zero-order chi connectivity index (χ0) is 38.0. The molecule has 51 heavy (non-hydrogen) atoms. The monoisotopic (exact) mass is 714 g/mol. The molecule has 0 saturated heterocycles. The van der Waals surface area contributed by atoms with Crippen molar-refractivity contribution in [3.05, 3.63) is 79.1 Å². The number of carbonyl (C=O) groups excluding carboxylic acids is 3. The van der Waals surface area contributed by atoms with Crippen molar-refractivity contribution in [2.45, 2.75) is 39.2 Å². The average molecular weight is 715 g/mol. The lowest BCUT2D eigenvalue weighted by Crippen LogP contribution is -2.51. The van der Waals surface area contributed by atoms with Crippen LogP contribution in [0.15, 0.2) is 39.9 Å². The number of phenols is 2. The number of amides is 4. The highest BCUT2D eigenvalue weighted by Gasteiger charge is 2.34. The summed E-state index contributed by atoms with van der Waals surface area (Å²) in [5.74, 6) is -7.27. The predicted octanol–water partition coefficient (Wildman–Crippen LogP) is 0.408. The van der Waals surface area contributed by atoms with E-state index in [1.807, 2.05) is 0 Å². The highest BCUT2D eigenvalue weighted by molar-refractivity contribution is 6.05. The summed E-state index contributed by atoms with van der Waals surface area (Å²) >= 11 is 0. The molecule has 0 aliphatic heterocycles. The fraction of sp³-hybridized carbons (Fsp3) is 0.344. The second-order valence-electron chi connectivity index (χ2n) is 11.5. The van der Waals surface area contributed by atoms with Crippen molar-refractivity contribution in [2.24, 2.45) is 0 Å². The molecule has 19 nitrogen and oxygen atoms in total. The number of carbonyl (C=O) groups is 5. The van der Waals surface area contributed by atoms with Crippen LogP contribution in [0.25, 0.3) is 0 Å². The molecule has 2 heterocycles. The standard InChI is InChI=1S/C32H38N6O13/c1-16-13-20(25(43)29(47)35-16)27(45)33-9-11-37(12-10-34-28(46)21-14-17(2)36-30(48)26(21)44)15-18(5-3-8-23(40)41)38(32(50)51)31(49)19-6-4-7-22(39)24(19)42/h4,6-7,13-14,18,39,42-44H,3,5,8-12,15H2,1-2H3,(H,33,45)(H,34,46)(H,35,47)(H,36,48)(H,40,41)(H,50,51). The minimum atomic E-state index is -1.76. The van der Waals surface area contributed by atoms with Crippen LogP contribution in [0, 0.1) is 13.8 Å². The van der Waals surface area contributed by atoms with Crippen molar-refractivity contribution in [1.82, 2.24) is 30.4 Å². The Labute approximate surface area is 288 Å². The Kier molecular flexibility index (Phi) is 13.3. The van der Waals surface area contributed by atoms with Gasteiger partial charge in [0.2, 0.25) is 0 Å². The fourth-order valence-corrected chi connectivity index (χ4v) is 5.18. The Bertz CT molecular complexity index is 1840. The number of benzene rings is 1. The number of aryl methyl sites for hydroxylation is 2. The predicted molar refractivity (Wildman–Crippen MR) is 177 cm³/mol. The Morgan fingerprint density at radius 3 is 1.75 bits per heavy atom. The maximum Gasteiger partial charge on any atom is 0.414 e. The summed E-state index contributed by atoms with van der Waals surface area (Å²) in [6.07, 6.45) is -2.42. The molecule has 0 radical (unpaired) electrons. The van der Waals surface area contributed by atoms with Gasteiger partial charge in [-0.25, -0.2) is 9.69 Å². The van der Waals surface area contributed by atoms with E-state index in [0.717, 1.165) is 12.1 Å². The number of aromatic nitrogens is 2. The minimum absolute atomic E-state index is 0.0889. The number of para-hydroxylation sites is 1. The Hall–Kier alpha value is -6.37. The van der Waals surface area contributed by atoms with Crippen molar-refractivity contribution in [1.29, 1.82) is 0 Å². The van der Waals surface area contributed by atoms with Gasteiger partial charge >= 0.3 is 12.1 Å². The lowest BCUT2D eigenvalue weighted by atomic mass is 10.0. The van der Waals surface area contributed by atoms with Gasteiger partial charge in [0.1, 0.15) is 0 Å². The topological polar surface area (TPSA) is 303 Å². The maximum atomic E-state index is 13.5. The summed E-state index contributed by atoms with van der Waals surface area (Å²) < 4.78 is 0. The van der Waals surface area contributed by atoms with Gasteiger partial charge in [0, 0.05) is 50.5 Å². The Morgan fingerprint density at radius 2 is 1.27 bits per heavy atom. The number of rotatable bonds is 16. The van der Waals surface area contributed by atoms with E-state index in [-0.39, 0.29) is 63.1 Å². The van der Waals surface area contributed by atoms with Gasteiger partial charge in [-0.05, 0) is 51.0 Å². The van der Waals surface area contributed by atoms with Crippen LogP contribution in [0.5, 0.6) is 23.0 Å². The van der Waals surface area contributed by atoms with Gasteiger partial charge in [-0.1, -0.05) is 6.07 Å². The normalized spacial score (nSPS) is 11.5. The first-order chi connectivity index (χ1) is 24.0. The summed E-state index contributed by atoms with van der Waals surface area (Å²) in [6, 6.07) is 4.58. The smallest absolute Gasteiger partial charge is 0.414 e. The lowest BCUT2D eigenvalue weighted by Gasteiger charge is -2.33. The van der Waals surface area contributed by atoms with Gasteiger partial charge in [-0.3, -0.25) is 33.7 Å². The number of nitrogens with one attached hydrogen (secondary N) is 4. The number of carboxylic acid groups (broad SMARTS) is 2. The maximum absolute atomic E-state index is 13.5. The number of aliphatic carboxylic acids is 1. The molecule has 0 saturated carbocycles. The SMILES string of the molecule is Cc1cc(C(=O)NCCN(CCNC(=O)c2cc(C)[nH]c(=O)c2O)CC(CCCC(=O)O)N(C(=O)O)C(=O)c2cccc(O)c2O)c(O)c(=O)[nH]1. The zero-order valence-electron chi connectivity index (χ0n) is 27.6. The van der Waals surface area contributed by atoms with Crippen LogP contribution in [-0.4, -0.2) is 119 Å².